The van der Waals surface area contributed by atoms with Gasteiger partial charge in [-0.25, -0.2) is 0 Å². The number of furan rings is 1. The van der Waals surface area contributed by atoms with Crippen LogP contribution in [0.15, 0.2) is 174 Å². The maximum absolute atomic E-state index is 10.1. The minimum atomic E-state index is -1.03. The van der Waals surface area contributed by atoms with E-state index in [1.165, 1.54) is 0 Å². The molecule has 0 saturated heterocycles. The summed E-state index contributed by atoms with van der Waals surface area (Å²) >= 11 is 0. The van der Waals surface area contributed by atoms with Crippen molar-refractivity contribution in [2.75, 3.05) is 0 Å². The van der Waals surface area contributed by atoms with Crippen molar-refractivity contribution in [2.24, 2.45) is 0 Å². The van der Waals surface area contributed by atoms with Gasteiger partial charge in [0.2, 0.25) is 0 Å². The van der Waals surface area contributed by atoms with Crippen LogP contribution in [0.1, 0.15) is 38.4 Å². The minimum Gasteiger partial charge on any atom is -0.456 e. The molecule has 11 aromatic rings. The quantitative estimate of drug-likeness (QED) is 0.134. The van der Waals surface area contributed by atoms with Crippen molar-refractivity contribution < 1.29 is 42.8 Å². The Morgan fingerprint density at radius 3 is 1.53 bits per heavy atom. The second-order valence-corrected chi connectivity index (χ2v) is 11.0. The summed E-state index contributed by atoms with van der Waals surface area (Å²) in [6, 6.07) is -25.5. The molecule has 0 unspecified atom stereocenters. The Labute approximate surface area is 321 Å². The van der Waals surface area contributed by atoms with Crippen molar-refractivity contribution in [3.05, 3.63) is 169 Å². The summed E-state index contributed by atoms with van der Waals surface area (Å²) in [5.41, 5.74) is -4.21. The fourth-order valence-electron chi connectivity index (χ4n) is 6.54. The van der Waals surface area contributed by atoms with E-state index in [1.54, 1.807) is 0 Å². The van der Waals surface area contributed by atoms with Crippen molar-refractivity contribution >= 4 is 86.6 Å². The number of fused-ring (bicyclic) bond motifs is 11. The smallest absolute Gasteiger partial charge is 0.136 e. The Kier molecular flexibility index (Phi) is 2.32. The van der Waals surface area contributed by atoms with Gasteiger partial charge in [0.15, 0.2) is 0 Å². The third-order valence-corrected chi connectivity index (χ3v) is 8.51. The van der Waals surface area contributed by atoms with Gasteiger partial charge in [0.25, 0.3) is 0 Å². The predicted molar refractivity (Wildman–Crippen MR) is 210 cm³/mol. The van der Waals surface area contributed by atoms with E-state index in [1.807, 2.05) is 0 Å². The van der Waals surface area contributed by atoms with E-state index >= 15 is 0 Å². The lowest BCUT2D eigenvalue weighted by Crippen LogP contribution is -1.93. The fraction of sp³-hybridized carbons (Fsp3) is 0. The third-order valence-electron chi connectivity index (χ3n) is 8.51. The van der Waals surface area contributed by atoms with E-state index in [9.17, 15) is 15.1 Å². The van der Waals surface area contributed by atoms with Gasteiger partial charge >= 0.3 is 0 Å². The zero-order valence-corrected chi connectivity index (χ0v) is 24.4. The molecule has 0 fully saturated rings. The van der Waals surface area contributed by atoms with Gasteiger partial charge in [-0.15, -0.1) is 0 Å². The average Bonchev–Trinajstić information content (AvgIpc) is 3.83. The minimum absolute atomic E-state index is 0.491. The molecule has 1 heteroatoms. The van der Waals surface area contributed by atoms with Crippen molar-refractivity contribution in [1.82, 2.24) is 0 Å². The van der Waals surface area contributed by atoms with Crippen molar-refractivity contribution in [3.8, 4) is 22.3 Å². The number of hydrogen-bond acceptors (Lipinski definition) is 1. The topological polar surface area (TPSA) is 13.1 Å². The lowest BCUT2D eigenvalue weighted by molar-refractivity contribution is 0.669. The normalized spacial score (nSPS) is 20.1. The summed E-state index contributed by atoms with van der Waals surface area (Å²) in [6.45, 7) is 0. The SMILES string of the molecule is [2H]c1c([2H])c(-c2c3c([2H])c([2H])c([2H])c([2H])c3c(-c3c([2H])c4c([2H])c([2H])c5c([2H])c([2H])c([2H])c([2H])c5c4c4c([2H])c([2H])c([2H])c([2H])c34)c3c([2H])c([2H])c([2H])c([2H])c23)c2c(oc3c([2H])c4c([2H])c([2H])c([2H])c([2H])c4c([2H])c32)c1[2H]. The van der Waals surface area contributed by atoms with Crippen LogP contribution in [-0.2, 0) is 0 Å². The van der Waals surface area contributed by atoms with Gasteiger partial charge in [-0.2, -0.15) is 0 Å². The van der Waals surface area contributed by atoms with E-state index in [2.05, 4.69) is 0 Å². The van der Waals surface area contributed by atoms with Gasteiger partial charge in [0.1, 0.15) is 11.2 Å². The number of benzene rings is 10. The molecule has 49 heavy (non-hydrogen) atoms. The summed E-state index contributed by atoms with van der Waals surface area (Å²) in [5.74, 6) is 0. The van der Waals surface area contributed by atoms with Crippen LogP contribution in [0.3, 0.4) is 0 Å². The summed E-state index contributed by atoms with van der Waals surface area (Å²) in [4.78, 5) is 0. The Morgan fingerprint density at radius 1 is 0.306 bits per heavy atom. The highest BCUT2D eigenvalue weighted by Crippen LogP contribution is 2.49. The van der Waals surface area contributed by atoms with E-state index in [-0.39, 0.29) is 0 Å². The first-order valence-corrected chi connectivity index (χ1v) is 14.7. The molecule has 0 saturated carbocycles. The predicted octanol–water partition coefficient (Wildman–Crippen LogP) is 13.8. The zero-order chi connectivity index (χ0) is 56.4. The molecule has 0 aliphatic rings. The second-order valence-electron chi connectivity index (χ2n) is 11.0. The summed E-state index contributed by atoms with van der Waals surface area (Å²) in [6.07, 6.45) is 0. The second kappa shape index (κ2) is 10.0. The van der Waals surface area contributed by atoms with Crippen molar-refractivity contribution in [1.29, 1.82) is 0 Å². The molecule has 0 radical (unpaired) electrons. The molecule has 0 N–H and O–H groups in total. The Hall–Kier alpha value is -6.44. The van der Waals surface area contributed by atoms with Gasteiger partial charge in [-0.3, -0.25) is 0 Å². The van der Waals surface area contributed by atoms with Gasteiger partial charge in [0, 0.05) is 10.8 Å². The molecule has 0 atom stereocenters. The highest BCUT2D eigenvalue weighted by molar-refractivity contribution is 6.30. The van der Waals surface area contributed by atoms with Gasteiger partial charge in [-0.1, -0.05) is 145 Å². The van der Waals surface area contributed by atoms with Crippen LogP contribution in [0.25, 0.3) is 109 Å². The van der Waals surface area contributed by atoms with Crippen LogP contribution in [0.2, 0.25) is 0 Å². The Bertz CT molecular complexity index is 4690. The molecule has 1 heterocycles. The molecule has 10 aromatic carbocycles. The van der Waals surface area contributed by atoms with Gasteiger partial charge in [-0.05, 0) is 111 Å². The van der Waals surface area contributed by atoms with E-state index in [4.69, 9.17) is 27.7 Å². The molecule has 0 aliphatic heterocycles. The Morgan fingerprint density at radius 2 is 0.837 bits per heavy atom. The fourth-order valence-corrected chi connectivity index (χ4v) is 6.54. The molecule has 0 bridgehead atoms. The zero-order valence-electron chi connectivity index (χ0n) is 52.4. The lowest BCUT2D eigenvalue weighted by Gasteiger charge is -2.20. The summed E-state index contributed by atoms with van der Waals surface area (Å²) in [5, 5.41) is -8.75. The highest BCUT2D eigenvalue weighted by Gasteiger charge is 2.22. The number of rotatable bonds is 2. The maximum atomic E-state index is 10.1. The summed E-state index contributed by atoms with van der Waals surface area (Å²) in [7, 11) is 0. The van der Waals surface area contributed by atoms with Crippen LogP contribution in [0.4, 0.5) is 0 Å². The standard InChI is InChI=1S/C48H28O/c1-2-14-31-28-44-42(26-30(31)13-1)48-40(22-11-23-43(48)49-44)46-36-18-7-9-20-38(36)47(39-21-10-8-19-37(39)46)41-27-32-25-24-29-12-3-4-15-33(29)45(32)35-17-6-5-16-34(35)41/h1-28H/i1D,2D,3D,4D,5D,6D,7D,8D,9D,10D,11D,12D,13D,14D,15D,16D,17D,18D,19D,20D,21D,22D,23D,24D,25D,26D,27D,28D. The molecule has 1 aromatic heterocycles. The van der Waals surface area contributed by atoms with Crippen LogP contribution in [-0.4, -0.2) is 0 Å². The first kappa shape index (κ1) is 11.3. The highest BCUT2D eigenvalue weighted by atomic mass is 16.3. The molecular formula is C48H28O. The van der Waals surface area contributed by atoms with Crippen LogP contribution < -0.4 is 0 Å². The molecule has 0 aliphatic carbocycles. The first-order valence-electron chi connectivity index (χ1n) is 28.7. The van der Waals surface area contributed by atoms with E-state index < -0.39 is 278 Å². The molecule has 11 rings (SSSR count). The van der Waals surface area contributed by atoms with Crippen LogP contribution in [0.5, 0.6) is 0 Å². The van der Waals surface area contributed by atoms with E-state index in [0.717, 1.165) is 0 Å². The molecule has 226 valence electrons. The molecule has 1 nitrogen and oxygen atoms in total. The third kappa shape index (κ3) is 3.76. The van der Waals surface area contributed by atoms with Gasteiger partial charge in [0.05, 0.1) is 38.4 Å². The molecular weight excluding hydrogens is 593 g/mol. The number of hydrogen-bond donors (Lipinski definition) is 0. The maximum Gasteiger partial charge on any atom is 0.136 e. The monoisotopic (exact) mass is 648 g/mol. The average molecular weight is 649 g/mol. The van der Waals surface area contributed by atoms with Crippen LogP contribution in [0, 0.1) is 0 Å². The largest absolute Gasteiger partial charge is 0.456 e. The van der Waals surface area contributed by atoms with Crippen LogP contribution >= 0.6 is 0 Å². The van der Waals surface area contributed by atoms with Crippen molar-refractivity contribution in [3.63, 3.8) is 0 Å². The molecule has 0 spiro atoms. The van der Waals surface area contributed by atoms with Gasteiger partial charge < -0.3 is 4.42 Å². The summed E-state index contributed by atoms with van der Waals surface area (Å²) < 4.78 is 262. The first-order chi connectivity index (χ1) is 36.0. The lowest BCUT2D eigenvalue weighted by atomic mass is 9.83. The van der Waals surface area contributed by atoms with E-state index in [0.29, 0.717) is 0 Å². The van der Waals surface area contributed by atoms with Crippen molar-refractivity contribution in [2.45, 2.75) is 0 Å². The molecule has 0 amide bonds. The Balaban J connectivity index is 1.52.